The zero-order valence-electron chi connectivity index (χ0n) is 13.0. The molecule has 126 valence electrons. The molecule has 0 spiro atoms. The van der Waals surface area contributed by atoms with Gasteiger partial charge in [0.05, 0.1) is 23.8 Å². The van der Waals surface area contributed by atoms with Crippen LogP contribution in [0.2, 0.25) is 0 Å². The van der Waals surface area contributed by atoms with Crippen LogP contribution in [0.1, 0.15) is 29.3 Å². The molecule has 0 aromatic heterocycles. The summed E-state index contributed by atoms with van der Waals surface area (Å²) >= 11 is 0. The van der Waals surface area contributed by atoms with Crippen molar-refractivity contribution in [1.82, 2.24) is 4.31 Å². The third-order valence-electron chi connectivity index (χ3n) is 4.11. The number of carboxylic acid groups (broad SMARTS) is 1. The van der Waals surface area contributed by atoms with Crippen LogP contribution in [-0.2, 0) is 25.3 Å². The Morgan fingerprint density at radius 2 is 2.00 bits per heavy atom. The SMILES string of the molecule is COC(=O)c1ccccc1CS(=O)(=O)N1CCC(C)(C(=O)O)C1. The fourth-order valence-electron chi connectivity index (χ4n) is 2.57. The summed E-state index contributed by atoms with van der Waals surface area (Å²) in [4.78, 5) is 23.0. The number of methoxy groups -OCH3 is 1. The lowest BCUT2D eigenvalue weighted by Crippen LogP contribution is -2.35. The molecule has 7 nitrogen and oxygen atoms in total. The number of benzene rings is 1. The van der Waals surface area contributed by atoms with Gasteiger partial charge in [-0.1, -0.05) is 18.2 Å². The number of rotatable bonds is 5. The van der Waals surface area contributed by atoms with E-state index in [0.717, 1.165) is 0 Å². The highest BCUT2D eigenvalue weighted by Gasteiger charge is 2.44. The van der Waals surface area contributed by atoms with Gasteiger partial charge in [-0.25, -0.2) is 17.5 Å². The summed E-state index contributed by atoms with van der Waals surface area (Å²) in [7, 11) is -2.49. The maximum Gasteiger partial charge on any atom is 0.338 e. The second kappa shape index (κ2) is 6.29. The molecule has 1 aliphatic heterocycles. The first-order chi connectivity index (χ1) is 10.7. The molecule has 1 atom stereocenters. The van der Waals surface area contributed by atoms with Crippen molar-refractivity contribution in [3.8, 4) is 0 Å². The van der Waals surface area contributed by atoms with Crippen molar-refractivity contribution in [2.24, 2.45) is 5.41 Å². The van der Waals surface area contributed by atoms with Crippen LogP contribution in [0.25, 0.3) is 0 Å². The Kier molecular flexibility index (Phi) is 4.76. The van der Waals surface area contributed by atoms with Gasteiger partial charge in [-0.15, -0.1) is 0 Å². The van der Waals surface area contributed by atoms with Crippen molar-refractivity contribution < 1.29 is 27.9 Å². The van der Waals surface area contributed by atoms with E-state index in [-0.39, 0.29) is 30.8 Å². The van der Waals surface area contributed by atoms with Gasteiger partial charge in [0.25, 0.3) is 0 Å². The third-order valence-corrected chi connectivity index (χ3v) is 5.88. The van der Waals surface area contributed by atoms with Crippen LogP contribution >= 0.6 is 0 Å². The zero-order chi connectivity index (χ0) is 17.3. The summed E-state index contributed by atoms with van der Waals surface area (Å²) in [6, 6.07) is 6.32. The molecular weight excluding hydrogens is 322 g/mol. The summed E-state index contributed by atoms with van der Waals surface area (Å²) in [5.74, 6) is -1.98. The molecular formula is C15H19NO6S. The van der Waals surface area contributed by atoms with Crippen LogP contribution in [0.3, 0.4) is 0 Å². The fourth-order valence-corrected chi connectivity index (χ4v) is 4.25. The van der Waals surface area contributed by atoms with Gasteiger partial charge in [-0.3, -0.25) is 4.79 Å². The smallest absolute Gasteiger partial charge is 0.338 e. The van der Waals surface area contributed by atoms with E-state index in [2.05, 4.69) is 4.74 Å². The van der Waals surface area contributed by atoms with Gasteiger partial charge in [0.1, 0.15) is 0 Å². The van der Waals surface area contributed by atoms with Crippen LogP contribution in [0.4, 0.5) is 0 Å². The summed E-state index contributed by atoms with van der Waals surface area (Å²) in [5.41, 5.74) is -0.545. The molecule has 2 rings (SSSR count). The first kappa shape index (κ1) is 17.4. The number of nitrogens with zero attached hydrogens (tertiary/aromatic N) is 1. The van der Waals surface area contributed by atoms with Crippen molar-refractivity contribution in [2.75, 3.05) is 20.2 Å². The molecule has 1 heterocycles. The van der Waals surface area contributed by atoms with E-state index < -0.39 is 27.4 Å². The molecule has 23 heavy (non-hydrogen) atoms. The molecule has 1 saturated heterocycles. The number of sulfonamides is 1. The molecule has 1 aliphatic rings. The highest BCUT2D eigenvalue weighted by molar-refractivity contribution is 7.88. The minimum absolute atomic E-state index is 0.0644. The standard InChI is InChI=1S/C15H19NO6S/c1-15(14(18)19)7-8-16(10-15)23(20,21)9-11-5-3-4-6-12(11)13(17)22-2/h3-6H,7-10H2,1-2H3,(H,18,19). The molecule has 0 amide bonds. The number of esters is 1. The quantitative estimate of drug-likeness (QED) is 0.805. The number of aliphatic carboxylic acids is 1. The van der Waals surface area contributed by atoms with E-state index in [9.17, 15) is 23.1 Å². The lowest BCUT2D eigenvalue weighted by atomic mass is 9.90. The van der Waals surface area contributed by atoms with Gasteiger partial charge in [-0.2, -0.15) is 0 Å². The lowest BCUT2D eigenvalue weighted by Gasteiger charge is -2.20. The first-order valence-electron chi connectivity index (χ1n) is 7.07. The normalized spacial score (nSPS) is 22.0. The minimum atomic E-state index is -3.72. The van der Waals surface area contributed by atoms with Crippen LogP contribution in [0, 0.1) is 5.41 Å². The van der Waals surface area contributed by atoms with E-state index in [1.165, 1.54) is 24.4 Å². The maximum atomic E-state index is 12.6. The molecule has 1 aromatic rings. The van der Waals surface area contributed by atoms with Gasteiger partial charge in [0.15, 0.2) is 0 Å². The lowest BCUT2D eigenvalue weighted by molar-refractivity contribution is -0.146. The maximum absolute atomic E-state index is 12.6. The Morgan fingerprint density at radius 1 is 1.35 bits per heavy atom. The number of carboxylic acids is 1. The number of carbonyl (C=O) groups excluding carboxylic acids is 1. The molecule has 8 heteroatoms. The number of hydrogen-bond donors (Lipinski definition) is 1. The van der Waals surface area contributed by atoms with E-state index in [0.29, 0.717) is 5.56 Å². The molecule has 0 aliphatic carbocycles. The number of ether oxygens (including phenoxy) is 1. The Labute approximate surface area is 134 Å². The summed E-state index contributed by atoms with van der Waals surface area (Å²) in [6.07, 6.45) is 0.264. The van der Waals surface area contributed by atoms with Gasteiger partial charge in [0, 0.05) is 13.1 Å². The Hall–Kier alpha value is -1.93. The Balaban J connectivity index is 2.24. The largest absolute Gasteiger partial charge is 0.481 e. The van der Waals surface area contributed by atoms with E-state index >= 15 is 0 Å². The van der Waals surface area contributed by atoms with Crippen LogP contribution in [0.15, 0.2) is 24.3 Å². The predicted octanol–water partition coefficient (Wildman–Crippen LogP) is 1.10. The average molecular weight is 341 g/mol. The predicted molar refractivity (Wildman–Crippen MR) is 82.3 cm³/mol. The number of hydrogen-bond acceptors (Lipinski definition) is 5. The summed E-state index contributed by atoms with van der Waals surface area (Å²) in [6.45, 7) is 1.63. The number of carbonyl (C=O) groups is 2. The highest BCUT2D eigenvalue weighted by Crippen LogP contribution is 2.32. The molecule has 0 saturated carbocycles. The fraction of sp³-hybridized carbons (Fsp3) is 0.467. The van der Waals surface area contributed by atoms with E-state index in [1.807, 2.05) is 0 Å². The van der Waals surface area contributed by atoms with Crippen molar-refractivity contribution in [3.05, 3.63) is 35.4 Å². The molecule has 1 aromatic carbocycles. The van der Waals surface area contributed by atoms with Gasteiger partial charge in [-0.05, 0) is 25.0 Å². The van der Waals surface area contributed by atoms with Crippen molar-refractivity contribution in [1.29, 1.82) is 0 Å². The average Bonchev–Trinajstić information content (AvgIpc) is 2.91. The zero-order valence-corrected chi connectivity index (χ0v) is 13.8. The van der Waals surface area contributed by atoms with Gasteiger partial charge >= 0.3 is 11.9 Å². The second-order valence-corrected chi connectivity index (χ2v) is 7.82. The molecule has 0 bridgehead atoms. The summed E-state index contributed by atoms with van der Waals surface area (Å²) < 4.78 is 30.9. The van der Waals surface area contributed by atoms with Gasteiger partial charge in [0.2, 0.25) is 10.0 Å². The van der Waals surface area contributed by atoms with Crippen LogP contribution in [-0.4, -0.2) is 50.0 Å². The van der Waals surface area contributed by atoms with E-state index in [1.54, 1.807) is 18.2 Å². The second-order valence-electron chi connectivity index (χ2n) is 5.85. The Morgan fingerprint density at radius 3 is 2.57 bits per heavy atom. The molecule has 1 fully saturated rings. The summed E-state index contributed by atoms with van der Waals surface area (Å²) in [5, 5.41) is 9.21. The highest BCUT2D eigenvalue weighted by atomic mass is 32.2. The van der Waals surface area contributed by atoms with Crippen molar-refractivity contribution in [2.45, 2.75) is 19.1 Å². The van der Waals surface area contributed by atoms with Crippen molar-refractivity contribution in [3.63, 3.8) is 0 Å². The van der Waals surface area contributed by atoms with Crippen LogP contribution < -0.4 is 0 Å². The molecule has 0 radical (unpaired) electrons. The van der Waals surface area contributed by atoms with Gasteiger partial charge < -0.3 is 9.84 Å². The monoisotopic (exact) mass is 341 g/mol. The molecule has 1 N–H and O–H groups in total. The molecule has 1 unspecified atom stereocenters. The minimum Gasteiger partial charge on any atom is -0.481 e. The topological polar surface area (TPSA) is 101 Å². The van der Waals surface area contributed by atoms with Crippen LogP contribution in [0.5, 0.6) is 0 Å². The van der Waals surface area contributed by atoms with Crippen molar-refractivity contribution >= 4 is 22.0 Å². The van der Waals surface area contributed by atoms with E-state index in [4.69, 9.17) is 0 Å². The first-order valence-corrected chi connectivity index (χ1v) is 8.68. The third kappa shape index (κ3) is 3.53. The Bertz CT molecular complexity index is 729.